The van der Waals surface area contributed by atoms with Crippen LogP contribution in [-0.2, 0) is 0 Å². The minimum Gasteiger partial charge on any atom is -0.327 e. The molecule has 4 nitrogen and oxygen atoms in total. The van der Waals surface area contributed by atoms with E-state index in [-0.39, 0.29) is 11.8 Å². The zero-order chi connectivity index (χ0) is 16.4. The van der Waals surface area contributed by atoms with Crippen molar-refractivity contribution in [3.8, 4) is 0 Å². The molecule has 1 aliphatic heterocycles. The molecule has 0 saturated heterocycles. The molecule has 2 N–H and O–H groups in total. The number of hydrogen-bond acceptors (Lipinski definition) is 2. The highest BCUT2D eigenvalue weighted by molar-refractivity contribution is 9.10. The number of nitrogens with one attached hydrogen (secondary N) is 2. The van der Waals surface area contributed by atoms with Crippen LogP contribution in [0.4, 0.5) is 4.79 Å². The third kappa shape index (κ3) is 3.05. The van der Waals surface area contributed by atoms with E-state index in [1.165, 1.54) is 0 Å². The summed E-state index contributed by atoms with van der Waals surface area (Å²) in [5.41, 5.74) is 2.56. The first kappa shape index (κ1) is 15.5. The number of carbonyl (C=O) groups is 2. The molecular weight excluding hydrogens is 356 g/mol. The van der Waals surface area contributed by atoms with Crippen molar-refractivity contribution in [1.82, 2.24) is 10.6 Å². The standard InChI is InChI=1S/C18H15BrN2O2/c1-11-15(17(22)12-7-3-2-4-8-12)16(21-18(23)20-11)13-9-5-6-10-14(13)19/h2-10,16H,1H3,(H2,20,21,23)/t16-/m1/s1. The maximum atomic E-state index is 12.9. The molecule has 0 saturated carbocycles. The highest BCUT2D eigenvalue weighted by Crippen LogP contribution is 2.33. The number of benzene rings is 2. The minimum atomic E-state index is -0.493. The quantitative estimate of drug-likeness (QED) is 0.803. The minimum absolute atomic E-state index is 0.101. The summed E-state index contributed by atoms with van der Waals surface area (Å²) in [5.74, 6) is -0.101. The predicted octanol–water partition coefficient (Wildman–Crippen LogP) is 3.96. The summed E-state index contributed by atoms with van der Waals surface area (Å²) < 4.78 is 0.846. The van der Waals surface area contributed by atoms with Gasteiger partial charge in [-0.25, -0.2) is 4.79 Å². The van der Waals surface area contributed by atoms with Crippen LogP contribution in [0.15, 0.2) is 70.3 Å². The van der Waals surface area contributed by atoms with Gasteiger partial charge in [0.05, 0.1) is 6.04 Å². The smallest absolute Gasteiger partial charge is 0.319 e. The van der Waals surface area contributed by atoms with Crippen molar-refractivity contribution in [3.05, 3.63) is 81.5 Å². The summed E-state index contributed by atoms with van der Waals surface area (Å²) in [6.07, 6.45) is 0. The van der Waals surface area contributed by atoms with E-state index in [1.54, 1.807) is 19.1 Å². The number of carbonyl (C=O) groups excluding carboxylic acids is 2. The van der Waals surface area contributed by atoms with Gasteiger partial charge in [-0.15, -0.1) is 0 Å². The number of hydrogen-bond donors (Lipinski definition) is 2. The molecule has 0 unspecified atom stereocenters. The summed E-state index contributed by atoms with van der Waals surface area (Å²) >= 11 is 3.50. The largest absolute Gasteiger partial charge is 0.327 e. The van der Waals surface area contributed by atoms with Crippen molar-refractivity contribution in [2.24, 2.45) is 0 Å². The van der Waals surface area contributed by atoms with E-state index in [0.29, 0.717) is 16.8 Å². The van der Waals surface area contributed by atoms with E-state index < -0.39 is 6.04 Å². The molecule has 1 atom stereocenters. The van der Waals surface area contributed by atoms with Crippen LogP contribution in [0.25, 0.3) is 0 Å². The van der Waals surface area contributed by atoms with Gasteiger partial charge in [0, 0.05) is 21.3 Å². The Bertz CT molecular complexity index is 800. The summed E-state index contributed by atoms with van der Waals surface area (Å²) in [6.45, 7) is 1.75. The average Bonchev–Trinajstić information content (AvgIpc) is 2.55. The third-order valence-electron chi connectivity index (χ3n) is 3.77. The molecule has 3 rings (SSSR count). The molecule has 1 aliphatic rings. The maximum absolute atomic E-state index is 12.9. The Hall–Kier alpha value is -2.40. The van der Waals surface area contributed by atoms with Crippen LogP contribution in [-0.4, -0.2) is 11.8 Å². The van der Waals surface area contributed by atoms with Crippen LogP contribution < -0.4 is 10.6 Å². The second-order valence-electron chi connectivity index (χ2n) is 5.29. The fraction of sp³-hybridized carbons (Fsp3) is 0.111. The SMILES string of the molecule is CC1=C(C(=O)c2ccccc2)[C@@H](c2ccccc2Br)NC(=O)N1. The zero-order valence-electron chi connectivity index (χ0n) is 12.5. The first-order valence-corrected chi connectivity index (χ1v) is 7.99. The van der Waals surface area contributed by atoms with E-state index in [1.807, 2.05) is 42.5 Å². The Kier molecular flexibility index (Phi) is 4.30. The molecule has 0 aliphatic carbocycles. The number of allylic oxidation sites excluding steroid dienone is 1. The van der Waals surface area contributed by atoms with Gasteiger partial charge in [0.2, 0.25) is 0 Å². The molecule has 0 fully saturated rings. The molecule has 1 heterocycles. The summed E-state index contributed by atoms with van der Waals surface area (Å²) in [6, 6.07) is 15.8. The molecule has 23 heavy (non-hydrogen) atoms. The van der Waals surface area contributed by atoms with Gasteiger partial charge in [-0.1, -0.05) is 64.5 Å². The first-order chi connectivity index (χ1) is 11.1. The van der Waals surface area contributed by atoms with Gasteiger partial charge < -0.3 is 10.6 Å². The molecule has 5 heteroatoms. The van der Waals surface area contributed by atoms with E-state index in [0.717, 1.165) is 10.0 Å². The Balaban J connectivity index is 2.10. The van der Waals surface area contributed by atoms with Crippen molar-refractivity contribution < 1.29 is 9.59 Å². The topological polar surface area (TPSA) is 58.2 Å². The molecular formula is C18H15BrN2O2. The molecule has 116 valence electrons. The Morgan fingerprint density at radius 3 is 2.39 bits per heavy atom. The average molecular weight is 371 g/mol. The molecule has 2 amide bonds. The second-order valence-corrected chi connectivity index (χ2v) is 6.14. The Labute approximate surface area is 142 Å². The maximum Gasteiger partial charge on any atom is 0.319 e. The Morgan fingerprint density at radius 2 is 1.70 bits per heavy atom. The molecule has 2 aromatic carbocycles. The lowest BCUT2D eigenvalue weighted by Crippen LogP contribution is -2.45. The molecule has 0 radical (unpaired) electrons. The van der Waals surface area contributed by atoms with Crippen molar-refractivity contribution in [1.29, 1.82) is 0 Å². The molecule has 0 bridgehead atoms. The number of ketones is 1. The number of amides is 2. The van der Waals surface area contributed by atoms with Gasteiger partial charge in [-0.2, -0.15) is 0 Å². The van der Waals surface area contributed by atoms with Crippen molar-refractivity contribution in [2.45, 2.75) is 13.0 Å². The lowest BCUT2D eigenvalue weighted by atomic mass is 9.90. The summed E-state index contributed by atoms with van der Waals surface area (Å²) in [7, 11) is 0. The van der Waals surface area contributed by atoms with Crippen LogP contribution in [0.5, 0.6) is 0 Å². The van der Waals surface area contributed by atoms with Crippen LogP contribution in [0.1, 0.15) is 28.9 Å². The van der Waals surface area contributed by atoms with E-state index >= 15 is 0 Å². The second kappa shape index (κ2) is 6.38. The highest BCUT2D eigenvalue weighted by Gasteiger charge is 2.32. The number of rotatable bonds is 3. The van der Waals surface area contributed by atoms with Crippen LogP contribution in [0, 0.1) is 0 Å². The van der Waals surface area contributed by atoms with E-state index in [9.17, 15) is 9.59 Å². The van der Waals surface area contributed by atoms with E-state index in [2.05, 4.69) is 26.6 Å². The van der Waals surface area contributed by atoms with Gasteiger partial charge in [-0.05, 0) is 18.6 Å². The predicted molar refractivity (Wildman–Crippen MR) is 92.0 cm³/mol. The van der Waals surface area contributed by atoms with Gasteiger partial charge in [0.1, 0.15) is 0 Å². The fourth-order valence-corrected chi connectivity index (χ4v) is 3.20. The molecule has 0 aromatic heterocycles. The first-order valence-electron chi connectivity index (χ1n) is 7.20. The highest BCUT2D eigenvalue weighted by atomic mass is 79.9. The number of halogens is 1. The lowest BCUT2D eigenvalue weighted by Gasteiger charge is -2.29. The third-order valence-corrected chi connectivity index (χ3v) is 4.49. The summed E-state index contributed by atoms with van der Waals surface area (Å²) in [5, 5.41) is 5.54. The van der Waals surface area contributed by atoms with Gasteiger partial charge in [0.25, 0.3) is 0 Å². The lowest BCUT2D eigenvalue weighted by molar-refractivity contribution is 0.102. The zero-order valence-corrected chi connectivity index (χ0v) is 14.1. The summed E-state index contributed by atoms with van der Waals surface area (Å²) in [4.78, 5) is 24.8. The fourth-order valence-electron chi connectivity index (χ4n) is 2.68. The monoisotopic (exact) mass is 370 g/mol. The molecule has 0 spiro atoms. The normalized spacial score (nSPS) is 17.5. The van der Waals surface area contributed by atoms with Gasteiger partial charge in [0.15, 0.2) is 5.78 Å². The van der Waals surface area contributed by atoms with Gasteiger partial charge in [-0.3, -0.25) is 4.79 Å². The van der Waals surface area contributed by atoms with E-state index in [4.69, 9.17) is 0 Å². The van der Waals surface area contributed by atoms with Gasteiger partial charge >= 0.3 is 6.03 Å². The van der Waals surface area contributed by atoms with Crippen LogP contribution >= 0.6 is 15.9 Å². The van der Waals surface area contributed by atoms with Crippen LogP contribution in [0.2, 0.25) is 0 Å². The Morgan fingerprint density at radius 1 is 1.04 bits per heavy atom. The number of urea groups is 1. The molecule has 2 aromatic rings. The van der Waals surface area contributed by atoms with Crippen molar-refractivity contribution in [3.63, 3.8) is 0 Å². The van der Waals surface area contributed by atoms with Crippen molar-refractivity contribution in [2.75, 3.05) is 0 Å². The van der Waals surface area contributed by atoms with Crippen molar-refractivity contribution >= 4 is 27.7 Å². The number of Topliss-reactive ketones (excluding diaryl/α,β-unsaturated/α-hetero) is 1. The van der Waals surface area contributed by atoms with Crippen LogP contribution in [0.3, 0.4) is 0 Å².